The van der Waals surface area contributed by atoms with Crippen molar-refractivity contribution in [3.8, 4) is 0 Å². The van der Waals surface area contributed by atoms with Crippen molar-refractivity contribution in [2.45, 2.75) is 26.8 Å². The Morgan fingerprint density at radius 3 is 1.78 bits per heavy atom. The third kappa shape index (κ3) is 4.79. The summed E-state index contributed by atoms with van der Waals surface area (Å²) in [6.07, 6.45) is 0. The van der Waals surface area contributed by atoms with E-state index in [0.29, 0.717) is 0 Å². The van der Waals surface area contributed by atoms with E-state index in [1.165, 1.54) is 32.4 Å². The quantitative estimate of drug-likeness (QED) is 0.815. The first kappa shape index (κ1) is 18.6. The van der Waals surface area contributed by atoms with Crippen LogP contribution in [0.15, 0.2) is 18.2 Å². The molecule has 0 spiro atoms. The Morgan fingerprint density at radius 2 is 1.43 bits per heavy atom. The molecule has 0 aromatic heterocycles. The van der Waals surface area contributed by atoms with Crippen molar-refractivity contribution in [2.75, 3.05) is 19.5 Å². The Kier molecular flexibility index (Phi) is 5.86. The van der Waals surface area contributed by atoms with Crippen molar-refractivity contribution in [3.63, 3.8) is 0 Å². The lowest BCUT2D eigenvalue weighted by atomic mass is 9.87. The van der Waals surface area contributed by atoms with Crippen LogP contribution in [0.1, 0.15) is 41.5 Å². The second kappa shape index (κ2) is 7.23. The van der Waals surface area contributed by atoms with Gasteiger partial charge in [0.15, 0.2) is 0 Å². The predicted octanol–water partition coefficient (Wildman–Crippen LogP) is 1.57. The molecule has 0 unspecified atom stereocenters. The molecular formula is C16H22N2O5. The van der Waals surface area contributed by atoms with Crippen LogP contribution in [0.2, 0.25) is 0 Å². The summed E-state index contributed by atoms with van der Waals surface area (Å²) in [7, 11) is 2.45. The monoisotopic (exact) mass is 322 g/mol. The summed E-state index contributed by atoms with van der Waals surface area (Å²) in [5.41, 5.74) is 5.96. The second-order valence-electron chi connectivity index (χ2n) is 6.12. The van der Waals surface area contributed by atoms with Crippen LogP contribution in [0.25, 0.3) is 0 Å². The molecule has 7 heteroatoms. The maximum absolute atomic E-state index is 12.2. The average Bonchev–Trinajstić information content (AvgIpc) is 2.51. The minimum Gasteiger partial charge on any atom is -0.465 e. The van der Waals surface area contributed by atoms with Crippen LogP contribution in [0, 0.1) is 5.41 Å². The van der Waals surface area contributed by atoms with Gasteiger partial charge in [0.2, 0.25) is 5.91 Å². The highest BCUT2D eigenvalue weighted by Gasteiger charge is 2.27. The van der Waals surface area contributed by atoms with E-state index < -0.39 is 29.3 Å². The highest BCUT2D eigenvalue weighted by molar-refractivity contribution is 6.00. The highest BCUT2D eigenvalue weighted by Crippen LogP contribution is 2.21. The van der Waals surface area contributed by atoms with E-state index in [9.17, 15) is 14.4 Å². The molecule has 3 N–H and O–H groups in total. The Balaban J connectivity index is 3.17. The topological polar surface area (TPSA) is 108 Å². The normalized spacial score (nSPS) is 12.3. The van der Waals surface area contributed by atoms with Gasteiger partial charge in [-0.1, -0.05) is 20.8 Å². The summed E-state index contributed by atoms with van der Waals surface area (Å²) in [6, 6.07) is 3.39. The van der Waals surface area contributed by atoms with Crippen molar-refractivity contribution in [1.29, 1.82) is 0 Å². The molecule has 1 rings (SSSR count). The third-order valence-electron chi connectivity index (χ3n) is 3.26. The van der Waals surface area contributed by atoms with Gasteiger partial charge in [0.1, 0.15) is 0 Å². The smallest absolute Gasteiger partial charge is 0.337 e. The summed E-state index contributed by atoms with van der Waals surface area (Å²) >= 11 is 0. The molecule has 23 heavy (non-hydrogen) atoms. The van der Waals surface area contributed by atoms with Gasteiger partial charge in [0.05, 0.1) is 31.4 Å². The Hall–Kier alpha value is -2.41. The number of carbonyl (C=O) groups is 3. The molecule has 1 aromatic rings. The molecule has 1 aromatic carbocycles. The van der Waals surface area contributed by atoms with Gasteiger partial charge in [0.25, 0.3) is 0 Å². The molecular weight excluding hydrogens is 300 g/mol. The van der Waals surface area contributed by atoms with E-state index in [2.05, 4.69) is 14.8 Å². The third-order valence-corrected chi connectivity index (χ3v) is 3.26. The summed E-state index contributed by atoms with van der Waals surface area (Å²) < 4.78 is 9.28. The zero-order valence-electron chi connectivity index (χ0n) is 13.9. The largest absolute Gasteiger partial charge is 0.465 e. The maximum Gasteiger partial charge on any atom is 0.337 e. The Labute approximate surface area is 135 Å². The average molecular weight is 322 g/mol. The van der Waals surface area contributed by atoms with Gasteiger partial charge in [-0.15, -0.1) is 0 Å². The van der Waals surface area contributed by atoms with Crippen LogP contribution < -0.4 is 11.1 Å². The number of nitrogens with one attached hydrogen (secondary N) is 1. The molecule has 0 bridgehead atoms. The second-order valence-corrected chi connectivity index (χ2v) is 6.12. The highest BCUT2D eigenvalue weighted by atomic mass is 16.5. The first-order valence-electron chi connectivity index (χ1n) is 6.98. The van der Waals surface area contributed by atoms with E-state index in [1.807, 2.05) is 20.8 Å². The lowest BCUT2D eigenvalue weighted by Gasteiger charge is -2.25. The summed E-state index contributed by atoms with van der Waals surface area (Å²) in [5.74, 6) is -1.69. The molecule has 126 valence electrons. The molecule has 0 aliphatic heterocycles. The number of benzene rings is 1. The number of carbonyl (C=O) groups excluding carboxylic acids is 3. The molecule has 0 saturated carbocycles. The first-order valence-corrected chi connectivity index (χ1v) is 6.98. The van der Waals surface area contributed by atoms with Crippen LogP contribution in [-0.2, 0) is 14.3 Å². The molecule has 0 radical (unpaired) electrons. The SMILES string of the molecule is COC(=O)c1cc(NC(=O)[C@@H](N)C(C)(C)C)cc(C(=O)OC)c1. The van der Waals surface area contributed by atoms with Crippen molar-refractivity contribution in [1.82, 2.24) is 0 Å². The summed E-state index contributed by atoms with van der Waals surface area (Å²) in [4.78, 5) is 35.6. The van der Waals surface area contributed by atoms with E-state index >= 15 is 0 Å². The van der Waals surface area contributed by atoms with E-state index in [-0.39, 0.29) is 16.8 Å². The Bertz CT molecular complexity index is 585. The van der Waals surface area contributed by atoms with Crippen LogP contribution in [0.4, 0.5) is 5.69 Å². The lowest BCUT2D eigenvalue weighted by molar-refractivity contribution is -0.119. The molecule has 0 saturated heterocycles. The van der Waals surface area contributed by atoms with Gasteiger partial charge in [-0.3, -0.25) is 4.79 Å². The van der Waals surface area contributed by atoms with Crippen molar-refractivity contribution < 1.29 is 23.9 Å². The number of methoxy groups -OCH3 is 2. The van der Waals surface area contributed by atoms with Gasteiger partial charge in [-0.2, -0.15) is 0 Å². The predicted molar refractivity (Wildman–Crippen MR) is 85.2 cm³/mol. The molecule has 7 nitrogen and oxygen atoms in total. The van der Waals surface area contributed by atoms with Crippen LogP contribution in [-0.4, -0.2) is 38.1 Å². The number of anilines is 1. The van der Waals surface area contributed by atoms with E-state index in [0.717, 1.165) is 0 Å². The number of amides is 1. The molecule has 0 aliphatic rings. The standard InChI is InChI=1S/C16H22N2O5/c1-16(2,3)12(17)13(19)18-11-7-9(14(20)22-4)6-10(8-11)15(21)23-5/h6-8,12H,17H2,1-5H3,(H,18,19)/t12-/m1/s1. The molecule has 1 atom stereocenters. The zero-order chi connectivity index (χ0) is 17.8. The first-order chi connectivity index (χ1) is 10.6. The summed E-state index contributed by atoms with van der Waals surface area (Å²) in [5, 5.41) is 2.61. The zero-order valence-corrected chi connectivity index (χ0v) is 13.9. The fourth-order valence-electron chi connectivity index (χ4n) is 1.78. The number of rotatable bonds is 4. The van der Waals surface area contributed by atoms with Crippen LogP contribution in [0.3, 0.4) is 0 Å². The number of ether oxygens (including phenoxy) is 2. The molecule has 0 fully saturated rings. The number of hydrogen-bond donors (Lipinski definition) is 2. The van der Waals surface area contributed by atoms with Gasteiger partial charge >= 0.3 is 11.9 Å². The fourth-order valence-corrected chi connectivity index (χ4v) is 1.78. The van der Waals surface area contributed by atoms with Crippen molar-refractivity contribution in [3.05, 3.63) is 29.3 Å². The van der Waals surface area contributed by atoms with Crippen LogP contribution in [0.5, 0.6) is 0 Å². The molecule has 0 heterocycles. The lowest BCUT2D eigenvalue weighted by Crippen LogP contribution is -2.45. The number of nitrogens with two attached hydrogens (primary N) is 1. The van der Waals surface area contributed by atoms with Gasteiger partial charge in [-0.05, 0) is 23.6 Å². The van der Waals surface area contributed by atoms with Crippen molar-refractivity contribution >= 4 is 23.5 Å². The molecule has 1 amide bonds. The van der Waals surface area contributed by atoms with E-state index in [4.69, 9.17) is 5.73 Å². The van der Waals surface area contributed by atoms with Gasteiger partial charge in [0, 0.05) is 5.69 Å². The van der Waals surface area contributed by atoms with Gasteiger partial charge < -0.3 is 20.5 Å². The Morgan fingerprint density at radius 1 is 1.00 bits per heavy atom. The summed E-state index contributed by atoms with van der Waals surface area (Å²) in [6.45, 7) is 5.51. The molecule has 0 aliphatic carbocycles. The van der Waals surface area contributed by atoms with Gasteiger partial charge in [-0.25, -0.2) is 9.59 Å². The number of esters is 2. The minimum absolute atomic E-state index is 0.120. The fraction of sp³-hybridized carbons (Fsp3) is 0.438. The number of hydrogen-bond acceptors (Lipinski definition) is 6. The minimum atomic E-state index is -0.758. The van der Waals surface area contributed by atoms with Crippen LogP contribution >= 0.6 is 0 Å². The van der Waals surface area contributed by atoms with Crippen molar-refractivity contribution in [2.24, 2.45) is 11.1 Å². The van der Waals surface area contributed by atoms with E-state index in [1.54, 1.807) is 0 Å². The maximum atomic E-state index is 12.2.